The maximum atomic E-state index is 12.9. The van der Waals surface area contributed by atoms with Gasteiger partial charge in [0.05, 0.1) is 27.7 Å². The van der Waals surface area contributed by atoms with Crippen LogP contribution in [-0.2, 0) is 0 Å². The molecule has 0 saturated carbocycles. The van der Waals surface area contributed by atoms with Gasteiger partial charge in [-0.15, -0.1) is 0 Å². The molecule has 1 aliphatic rings. The normalized spacial score (nSPS) is 15.8. The largest absolute Gasteiger partial charge is 0.322 e. The fourth-order valence-corrected chi connectivity index (χ4v) is 4.39. The number of likely N-dealkylation sites (tertiary alicyclic amines) is 1. The molecule has 1 fully saturated rings. The number of carbonyl (C=O) groups excluding carboxylic acids is 1. The number of hydrogen-bond donors (Lipinski definition) is 1. The number of carbonyl (C=O) groups is 1. The summed E-state index contributed by atoms with van der Waals surface area (Å²) in [4.78, 5) is 19.8. The molecule has 0 atom stereocenters. The lowest BCUT2D eigenvalue weighted by molar-refractivity contribution is 0.102. The van der Waals surface area contributed by atoms with Crippen LogP contribution in [0.1, 0.15) is 60.3 Å². The quantitative estimate of drug-likeness (QED) is 0.636. The number of fused-ring (bicyclic) bond motifs is 1. The first-order valence-electron chi connectivity index (χ1n) is 10.5. The average molecular weight is 426 g/mol. The fraction of sp³-hybridized carbons (Fsp3) is 0.435. The second-order valence-electron chi connectivity index (χ2n) is 8.48. The Balaban J connectivity index is 1.61. The van der Waals surface area contributed by atoms with Crippen molar-refractivity contribution in [3.63, 3.8) is 0 Å². The third-order valence-corrected chi connectivity index (χ3v) is 6.34. The van der Waals surface area contributed by atoms with E-state index in [2.05, 4.69) is 36.1 Å². The number of nitrogens with zero attached hydrogens (tertiary/aromatic N) is 4. The number of pyridine rings is 1. The lowest BCUT2D eigenvalue weighted by atomic mass is 10.0. The molecule has 0 bridgehead atoms. The van der Waals surface area contributed by atoms with Gasteiger partial charge in [-0.3, -0.25) is 4.79 Å². The zero-order chi connectivity index (χ0) is 21.4. The van der Waals surface area contributed by atoms with Crippen LogP contribution >= 0.6 is 11.6 Å². The summed E-state index contributed by atoms with van der Waals surface area (Å²) in [5.41, 5.74) is 3.88. The summed E-state index contributed by atoms with van der Waals surface area (Å²) in [6, 6.07) is 8.19. The molecule has 2 aromatic heterocycles. The molecule has 0 radical (unpaired) electrons. The van der Waals surface area contributed by atoms with E-state index in [0.717, 1.165) is 48.3 Å². The number of anilines is 1. The minimum absolute atomic E-state index is 0.266. The Morgan fingerprint density at radius 3 is 2.50 bits per heavy atom. The Kier molecular flexibility index (Phi) is 5.80. The minimum atomic E-state index is -0.266. The fourth-order valence-electron chi connectivity index (χ4n) is 4.04. The van der Waals surface area contributed by atoms with Gasteiger partial charge in [0.15, 0.2) is 5.65 Å². The topological polar surface area (TPSA) is 63.1 Å². The van der Waals surface area contributed by atoms with Gasteiger partial charge in [-0.1, -0.05) is 37.6 Å². The number of hydrogen-bond acceptors (Lipinski definition) is 4. The number of benzene rings is 1. The van der Waals surface area contributed by atoms with Gasteiger partial charge in [-0.05, 0) is 63.5 Å². The van der Waals surface area contributed by atoms with Crippen LogP contribution in [0.5, 0.6) is 0 Å². The lowest BCUT2D eigenvalue weighted by Gasteiger charge is -2.29. The number of rotatable bonds is 4. The summed E-state index contributed by atoms with van der Waals surface area (Å²) in [5, 5.41) is 8.83. The number of halogens is 1. The lowest BCUT2D eigenvalue weighted by Crippen LogP contribution is -2.32. The van der Waals surface area contributed by atoms with Crippen molar-refractivity contribution >= 4 is 34.2 Å². The van der Waals surface area contributed by atoms with E-state index in [4.69, 9.17) is 16.7 Å². The first-order valence-corrected chi connectivity index (χ1v) is 10.9. The SMILES string of the molecule is Cc1nn(C2CCN(C)CC2)c2ncc(C(=O)Nc3ccc(C(C)C)cc3)c(Cl)c12. The molecule has 158 valence electrons. The van der Waals surface area contributed by atoms with E-state index in [1.165, 1.54) is 5.56 Å². The highest BCUT2D eigenvalue weighted by Crippen LogP contribution is 2.32. The molecule has 0 spiro atoms. The van der Waals surface area contributed by atoms with Crippen LogP contribution in [0.4, 0.5) is 5.69 Å². The predicted molar refractivity (Wildman–Crippen MR) is 122 cm³/mol. The Bertz CT molecular complexity index is 1070. The van der Waals surface area contributed by atoms with Gasteiger partial charge in [-0.2, -0.15) is 5.10 Å². The van der Waals surface area contributed by atoms with Gasteiger partial charge in [0, 0.05) is 11.9 Å². The van der Waals surface area contributed by atoms with Crippen LogP contribution in [0, 0.1) is 6.92 Å². The van der Waals surface area contributed by atoms with E-state index in [0.29, 0.717) is 22.5 Å². The van der Waals surface area contributed by atoms with E-state index in [1.54, 1.807) is 6.20 Å². The predicted octanol–water partition coefficient (Wildman–Crippen LogP) is 5.04. The summed E-state index contributed by atoms with van der Waals surface area (Å²) in [5.74, 6) is 0.179. The van der Waals surface area contributed by atoms with Crippen molar-refractivity contribution in [1.82, 2.24) is 19.7 Å². The van der Waals surface area contributed by atoms with Crippen molar-refractivity contribution in [2.75, 3.05) is 25.5 Å². The van der Waals surface area contributed by atoms with Crippen LogP contribution in [0.2, 0.25) is 5.02 Å². The van der Waals surface area contributed by atoms with Gasteiger partial charge in [0.2, 0.25) is 0 Å². The van der Waals surface area contributed by atoms with E-state index in [1.807, 2.05) is 35.9 Å². The van der Waals surface area contributed by atoms with Crippen LogP contribution in [-0.4, -0.2) is 45.7 Å². The van der Waals surface area contributed by atoms with Crippen molar-refractivity contribution in [2.45, 2.75) is 45.6 Å². The van der Waals surface area contributed by atoms with E-state index in [-0.39, 0.29) is 5.91 Å². The highest BCUT2D eigenvalue weighted by molar-refractivity contribution is 6.39. The second kappa shape index (κ2) is 8.36. The molecule has 6 nitrogen and oxygen atoms in total. The van der Waals surface area contributed by atoms with Gasteiger partial charge >= 0.3 is 0 Å². The number of amides is 1. The molecule has 4 rings (SSSR count). The Morgan fingerprint density at radius 1 is 1.20 bits per heavy atom. The molecule has 1 amide bonds. The molecule has 0 unspecified atom stereocenters. The van der Waals surface area contributed by atoms with Crippen molar-refractivity contribution in [1.29, 1.82) is 0 Å². The summed E-state index contributed by atoms with van der Waals surface area (Å²) < 4.78 is 2.00. The molecule has 1 aromatic carbocycles. The molecular formula is C23H28ClN5O. The minimum Gasteiger partial charge on any atom is -0.322 e. The molecule has 7 heteroatoms. The zero-order valence-electron chi connectivity index (χ0n) is 17.9. The Labute approximate surface area is 182 Å². The molecule has 3 aromatic rings. The highest BCUT2D eigenvalue weighted by atomic mass is 35.5. The summed E-state index contributed by atoms with van der Waals surface area (Å²) in [6.45, 7) is 8.28. The maximum Gasteiger partial charge on any atom is 0.258 e. The Morgan fingerprint density at radius 2 is 1.87 bits per heavy atom. The van der Waals surface area contributed by atoms with Crippen molar-refractivity contribution in [3.05, 3.63) is 52.3 Å². The first-order chi connectivity index (χ1) is 14.3. The van der Waals surface area contributed by atoms with E-state index in [9.17, 15) is 4.79 Å². The van der Waals surface area contributed by atoms with Gasteiger partial charge in [0.1, 0.15) is 0 Å². The number of aryl methyl sites for hydroxylation is 1. The summed E-state index contributed by atoms with van der Waals surface area (Å²) >= 11 is 6.69. The molecule has 3 heterocycles. The van der Waals surface area contributed by atoms with Crippen molar-refractivity contribution in [2.24, 2.45) is 0 Å². The van der Waals surface area contributed by atoms with Crippen LogP contribution < -0.4 is 5.32 Å². The van der Waals surface area contributed by atoms with Gasteiger partial charge in [0.25, 0.3) is 5.91 Å². The van der Waals surface area contributed by atoms with Crippen LogP contribution in [0.25, 0.3) is 11.0 Å². The number of nitrogens with one attached hydrogen (secondary N) is 1. The Hall–Kier alpha value is -2.44. The summed E-state index contributed by atoms with van der Waals surface area (Å²) in [6.07, 6.45) is 3.62. The average Bonchev–Trinajstić information content (AvgIpc) is 3.06. The highest BCUT2D eigenvalue weighted by Gasteiger charge is 2.25. The van der Waals surface area contributed by atoms with Crippen molar-refractivity contribution < 1.29 is 4.79 Å². The number of aromatic nitrogens is 3. The third-order valence-electron chi connectivity index (χ3n) is 5.95. The van der Waals surface area contributed by atoms with Crippen LogP contribution in [0.15, 0.2) is 30.5 Å². The monoisotopic (exact) mass is 425 g/mol. The molecule has 30 heavy (non-hydrogen) atoms. The number of piperidine rings is 1. The third kappa shape index (κ3) is 3.94. The van der Waals surface area contributed by atoms with E-state index >= 15 is 0 Å². The zero-order valence-corrected chi connectivity index (χ0v) is 18.7. The molecule has 1 saturated heterocycles. The van der Waals surface area contributed by atoms with Gasteiger partial charge < -0.3 is 10.2 Å². The molecule has 0 aliphatic carbocycles. The molecule has 1 N–H and O–H groups in total. The summed E-state index contributed by atoms with van der Waals surface area (Å²) in [7, 11) is 2.14. The second-order valence-corrected chi connectivity index (χ2v) is 8.86. The van der Waals surface area contributed by atoms with Crippen molar-refractivity contribution in [3.8, 4) is 0 Å². The standard InChI is InChI=1S/C23H28ClN5O/c1-14(2)16-5-7-17(8-6-16)26-23(30)19-13-25-22-20(21(19)24)15(3)27-29(22)18-9-11-28(4)12-10-18/h5-8,13-14,18H,9-12H2,1-4H3,(H,26,30). The smallest absolute Gasteiger partial charge is 0.258 e. The molecule has 1 aliphatic heterocycles. The van der Waals surface area contributed by atoms with Gasteiger partial charge in [-0.25, -0.2) is 9.67 Å². The van der Waals surface area contributed by atoms with Crippen LogP contribution in [0.3, 0.4) is 0 Å². The molecular weight excluding hydrogens is 398 g/mol. The van der Waals surface area contributed by atoms with E-state index < -0.39 is 0 Å². The maximum absolute atomic E-state index is 12.9. The first kappa shape index (κ1) is 20.8.